The summed E-state index contributed by atoms with van der Waals surface area (Å²) in [5, 5.41) is 0. The predicted molar refractivity (Wildman–Crippen MR) is 68.0 cm³/mol. The molecular weight excluding hydrogens is 198 g/mol. The van der Waals surface area contributed by atoms with Crippen LogP contribution in [0.5, 0.6) is 0 Å². The Morgan fingerprint density at radius 2 is 1.69 bits per heavy atom. The summed E-state index contributed by atoms with van der Waals surface area (Å²) in [5.41, 5.74) is 9.41. The molecule has 3 nitrogen and oxygen atoms in total. The van der Waals surface area contributed by atoms with E-state index < -0.39 is 0 Å². The maximum atomic E-state index is 5.99. The summed E-state index contributed by atoms with van der Waals surface area (Å²) in [6.45, 7) is 6.25. The van der Waals surface area contributed by atoms with Gasteiger partial charge in [0, 0.05) is 13.1 Å². The topological polar surface area (TPSA) is 41.6 Å². The van der Waals surface area contributed by atoms with Gasteiger partial charge in [-0.15, -0.1) is 0 Å². The van der Waals surface area contributed by atoms with E-state index in [0.29, 0.717) is 5.96 Å². The number of aliphatic imine (C=N–C) groups is 1. The third-order valence-electron chi connectivity index (χ3n) is 2.88. The van der Waals surface area contributed by atoms with Crippen LogP contribution in [-0.2, 0) is 0 Å². The SMILES string of the molecule is Cc1cc(C)cc(N=C(N)N2CCCC2)c1. The zero-order valence-electron chi connectivity index (χ0n) is 10.0. The number of likely N-dealkylation sites (tertiary alicyclic amines) is 1. The van der Waals surface area contributed by atoms with Gasteiger partial charge < -0.3 is 10.6 Å². The predicted octanol–water partition coefficient (Wildman–Crippen LogP) is 2.35. The van der Waals surface area contributed by atoms with Crippen LogP contribution in [0, 0.1) is 13.8 Å². The molecule has 2 rings (SSSR count). The Kier molecular flexibility index (Phi) is 3.13. The normalized spacial score (nSPS) is 16.9. The third-order valence-corrected chi connectivity index (χ3v) is 2.88. The van der Waals surface area contributed by atoms with Gasteiger partial charge in [-0.3, -0.25) is 0 Å². The molecule has 0 amide bonds. The largest absolute Gasteiger partial charge is 0.369 e. The molecule has 0 radical (unpaired) electrons. The summed E-state index contributed by atoms with van der Waals surface area (Å²) in [4.78, 5) is 6.63. The van der Waals surface area contributed by atoms with Crippen molar-refractivity contribution in [3.05, 3.63) is 29.3 Å². The van der Waals surface area contributed by atoms with Gasteiger partial charge in [-0.25, -0.2) is 4.99 Å². The smallest absolute Gasteiger partial charge is 0.196 e. The van der Waals surface area contributed by atoms with Crippen LogP contribution >= 0.6 is 0 Å². The fourth-order valence-electron chi connectivity index (χ4n) is 2.16. The van der Waals surface area contributed by atoms with Crippen LogP contribution in [-0.4, -0.2) is 23.9 Å². The highest BCUT2D eigenvalue weighted by atomic mass is 15.3. The number of nitrogens with two attached hydrogens (primary N) is 1. The van der Waals surface area contributed by atoms with Crippen molar-refractivity contribution in [2.24, 2.45) is 10.7 Å². The minimum Gasteiger partial charge on any atom is -0.369 e. The second-order valence-corrected chi connectivity index (χ2v) is 4.51. The number of benzene rings is 1. The van der Waals surface area contributed by atoms with Gasteiger partial charge in [-0.2, -0.15) is 0 Å². The number of nitrogens with zero attached hydrogens (tertiary/aromatic N) is 2. The molecule has 86 valence electrons. The lowest BCUT2D eigenvalue weighted by molar-refractivity contribution is 0.513. The lowest BCUT2D eigenvalue weighted by Crippen LogP contribution is -2.34. The molecule has 1 heterocycles. The van der Waals surface area contributed by atoms with Crippen LogP contribution in [0.4, 0.5) is 5.69 Å². The molecule has 0 aromatic heterocycles. The molecule has 3 heteroatoms. The van der Waals surface area contributed by atoms with Crippen LogP contribution in [0.25, 0.3) is 0 Å². The number of hydrogen-bond donors (Lipinski definition) is 1. The molecule has 1 aromatic carbocycles. The quantitative estimate of drug-likeness (QED) is 0.579. The van der Waals surface area contributed by atoms with E-state index in [1.807, 2.05) is 0 Å². The second kappa shape index (κ2) is 4.56. The van der Waals surface area contributed by atoms with Crippen LogP contribution in [0.15, 0.2) is 23.2 Å². The highest BCUT2D eigenvalue weighted by molar-refractivity contribution is 5.81. The Balaban J connectivity index is 2.20. The zero-order chi connectivity index (χ0) is 11.5. The Labute approximate surface area is 97.0 Å². The van der Waals surface area contributed by atoms with Crippen molar-refractivity contribution in [1.29, 1.82) is 0 Å². The second-order valence-electron chi connectivity index (χ2n) is 4.51. The molecule has 0 saturated carbocycles. The average molecular weight is 217 g/mol. The fraction of sp³-hybridized carbons (Fsp3) is 0.462. The van der Waals surface area contributed by atoms with Crippen LogP contribution in [0.2, 0.25) is 0 Å². The van der Waals surface area contributed by atoms with Crippen LogP contribution in [0.3, 0.4) is 0 Å². The van der Waals surface area contributed by atoms with Gasteiger partial charge in [0.2, 0.25) is 0 Å². The molecule has 0 atom stereocenters. The Morgan fingerprint density at radius 3 is 2.25 bits per heavy atom. The van der Waals surface area contributed by atoms with Crippen LogP contribution in [0.1, 0.15) is 24.0 Å². The minimum absolute atomic E-state index is 0.655. The summed E-state index contributed by atoms with van der Waals surface area (Å²) in [5.74, 6) is 0.655. The van der Waals surface area contributed by atoms with E-state index in [2.05, 4.69) is 41.9 Å². The van der Waals surface area contributed by atoms with Crippen LogP contribution < -0.4 is 5.73 Å². The molecule has 1 aliphatic heterocycles. The lowest BCUT2D eigenvalue weighted by atomic mass is 10.1. The Morgan fingerprint density at radius 1 is 1.12 bits per heavy atom. The first-order valence-electron chi connectivity index (χ1n) is 5.82. The highest BCUT2D eigenvalue weighted by Crippen LogP contribution is 2.18. The number of rotatable bonds is 1. The van der Waals surface area contributed by atoms with Gasteiger partial charge >= 0.3 is 0 Å². The summed E-state index contributed by atoms with van der Waals surface area (Å²) in [6, 6.07) is 6.27. The monoisotopic (exact) mass is 217 g/mol. The molecule has 2 N–H and O–H groups in total. The van der Waals surface area contributed by atoms with Gasteiger partial charge in [-0.1, -0.05) is 6.07 Å². The van der Waals surface area contributed by atoms with Crippen molar-refractivity contribution in [1.82, 2.24) is 4.90 Å². The Bertz CT molecular complexity index is 383. The molecule has 1 saturated heterocycles. The molecule has 0 aliphatic carbocycles. The van der Waals surface area contributed by atoms with Gasteiger partial charge in [-0.05, 0) is 49.9 Å². The number of hydrogen-bond acceptors (Lipinski definition) is 1. The Hall–Kier alpha value is -1.51. The summed E-state index contributed by atoms with van der Waals surface area (Å²) in [6.07, 6.45) is 2.45. The standard InChI is InChI=1S/C13H19N3/c1-10-7-11(2)9-12(8-10)15-13(14)16-5-3-4-6-16/h7-9H,3-6H2,1-2H3,(H2,14,15). The number of aryl methyl sites for hydroxylation is 2. The summed E-state index contributed by atoms with van der Waals surface area (Å²) >= 11 is 0. The van der Waals surface area contributed by atoms with E-state index in [1.54, 1.807) is 0 Å². The van der Waals surface area contributed by atoms with E-state index in [1.165, 1.54) is 24.0 Å². The van der Waals surface area contributed by atoms with Crippen molar-refractivity contribution < 1.29 is 0 Å². The van der Waals surface area contributed by atoms with Gasteiger partial charge in [0.1, 0.15) is 0 Å². The first-order chi connectivity index (χ1) is 7.65. The first-order valence-corrected chi connectivity index (χ1v) is 5.82. The van der Waals surface area contributed by atoms with Crippen molar-refractivity contribution >= 4 is 11.6 Å². The maximum absolute atomic E-state index is 5.99. The molecule has 0 spiro atoms. The van der Waals surface area contributed by atoms with Crippen molar-refractivity contribution in [3.63, 3.8) is 0 Å². The zero-order valence-corrected chi connectivity index (χ0v) is 10.0. The first kappa shape index (κ1) is 11.0. The van der Waals surface area contributed by atoms with E-state index in [-0.39, 0.29) is 0 Å². The van der Waals surface area contributed by atoms with E-state index in [4.69, 9.17) is 5.73 Å². The lowest BCUT2D eigenvalue weighted by Gasteiger charge is -2.15. The molecule has 0 bridgehead atoms. The molecule has 16 heavy (non-hydrogen) atoms. The molecule has 1 fully saturated rings. The van der Waals surface area contributed by atoms with E-state index >= 15 is 0 Å². The van der Waals surface area contributed by atoms with Crippen molar-refractivity contribution in [2.75, 3.05) is 13.1 Å². The average Bonchev–Trinajstić information content (AvgIpc) is 2.68. The fourth-order valence-corrected chi connectivity index (χ4v) is 2.16. The van der Waals surface area contributed by atoms with E-state index in [0.717, 1.165) is 18.8 Å². The molecular formula is C13H19N3. The summed E-state index contributed by atoms with van der Waals surface area (Å²) < 4.78 is 0. The maximum Gasteiger partial charge on any atom is 0.196 e. The molecule has 1 aliphatic rings. The van der Waals surface area contributed by atoms with Crippen molar-refractivity contribution in [2.45, 2.75) is 26.7 Å². The molecule has 1 aromatic rings. The third kappa shape index (κ3) is 2.54. The van der Waals surface area contributed by atoms with Gasteiger partial charge in [0.25, 0.3) is 0 Å². The van der Waals surface area contributed by atoms with E-state index in [9.17, 15) is 0 Å². The highest BCUT2D eigenvalue weighted by Gasteiger charge is 2.13. The van der Waals surface area contributed by atoms with Gasteiger partial charge in [0.05, 0.1) is 5.69 Å². The van der Waals surface area contributed by atoms with Crippen molar-refractivity contribution in [3.8, 4) is 0 Å². The minimum atomic E-state index is 0.655. The summed E-state index contributed by atoms with van der Waals surface area (Å²) in [7, 11) is 0. The van der Waals surface area contributed by atoms with Gasteiger partial charge in [0.15, 0.2) is 5.96 Å². The molecule has 0 unspecified atom stereocenters. The number of guanidine groups is 1.